The Morgan fingerprint density at radius 2 is 2.33 bits per heavy atom. The molecule has 0 radical (unpaired) electrons. The summed E-state index contributed by atoms with van der Waals surface area (Å²) in [6.45, 7) is 4.96. The van der Waals surface area contributed by atoms with Crippen molar-refractivity contribution in [2.75, 3.05) is 19.6 Å². The van der Waals surface area contributed by atoms with E-state index in [1.165, 1.54) is 4.88 Å². The highest BCUT2D eigenvalue weighted by Gasteiger charge is 2.39. The van der Waals surface area contributed by atoms with Gasteiger partial charge < -0.3 is 5.11 Å². The Labute approximate surface area is 95.5 Å². The van der Waals surface area contributed by atoms with Gasteiger partial charge >= 0.3 is 0 Å². The van der Waals surface area contributed by atoms with E-state index < -0.39 is 0 Å². The highest BCUT2D eigenvalue weighted by Crippen LogP contribution is 2.25. The van der Waals surface area contributed by atoms with Gasteiger partial charge in [-0.2, -0.15) is 0 Å². The zero-order chi connectivity index (χ0) is 10.7. The SMILES string of the molecule is CCCC1(O)CN(CCc2cccs2)C1. The standard InChI is InChI=1S/C12H19NOS/c1-2-6-12(14)9-13(10-12)7-5-11-4-3-8-15-11/h3-4,8,14H,2,5-7,9-10H2,1H3. The van der Waals surface area contributed by atoms with Gasteiger partial charge in [0.2, 0.25) is 0 Å². The molecule has 1 aromatic rings. The number of rotatable bonds is 5. The van der Waals surface area contributed by atoms with Crippen LogP contribution in [0.3, 0.4) is 0 Å². The first kappa shape index (κ1) is 11.1. The van der Waals surface area contributed by atoms with Crippen molar-refractivity contribution in [3.05, 3.63) is 22.4 Å². The van der Waals surface area contributed by atoms with E-state index in [0.717, 1.165) is 38.9 Å². The molecule has 0 spiro atoms. The molecule has 0 unspecified atom stereocenters. The summed E-state index contributed by atoms with van der Waals surface area (Å²) >= 11 is 1.82. The predicted octanol–water partition coefficient (Wildman–Crippen LogP) is 2.14. The quantitative estimate of drug-likeness (QED) is 0.830. The molecule has 0 saturated carbocycles. The second kappa shape index (κ2) is 4.64. The smallest absolute Gasteiger partial charge is 0.0900 e. The Morgan fingerprint density at radius 1 is 1.53 bits per heavy atom. The van der Waals surface area contributed by atoms with E-state index in [0.29, 0.717) is 0 Å². The summed E-state index contributed by atoms with van der Waals surface area (Å²) in [6.07, 6.45) is 3.15. The highest BCUT2D eigenvalue weighted by atomic mass is 32.1. The average Bonchev–Trinajstić information content (AvgIpc) is 2.64. The molecule has 0 bridgehead atoms. The van der Waals surface area contributed by atoms with E-state index in [4.69, 9.17) is 0 Å². The molecule has 2 rings (SSSR count). The summed E-state index contributed by atoms with van der Waals surface area (Å²) < 4.78 is 0. The fourth-order valence-electron chi connectivity index (χ4n) is 2.29. The van der Waals surface area contributed by atoms with E-state index in [1.54, 1.807) is 0 Å². The molecule has 1 saturated heterocycles. The predicted molar refractivity (Wildman–Crippen MR) is 64.3 cm³/mol. The minimum absolute atomic E-state index is 0.371. The lowest BCUT2D eigenvalue weighted by atomic mass is 9.89. The van der Waals surface area contributed by atoms with Crippen molar-refractivity contribution >= 4 is 11.3 Å². The molecule has 0 atom stereocenters. The molecule has 15 heavy (non-hydrogen) atoms. The van der Waals surface area contributed by atoms with Gasteiger partial charge in [0, 0.05) is 24.5 Å². The summed E-state index contributed by atoms with van der Waals surface area (Å²) in [5.41, 5.74) is -0.371. The number of thiophene rings is 1. The minimum atomic E-state index is -0.371. The highest BCUT2D eigenvalue weighted by molar-refractivity contribution is 7.09. The molecule has 1 aliphatic heterocycles. The Balaban J connectivity index is 1.68. The zero-order valence-electron chi connectivity index (χ0n) is 9.28. The average molecular weight is 225 g/mol. The number of β-amino-alcohol motifs (C(OH)–C–C–N with tert-alkyl or cyclic N) is 1. The molecule has 84 valence electrons. The Morgan fingerprint density at radius 3 is 2.93 bits per heavy atom. The normalized spacial score (nSPS) is 20.1. The first-order valence-electron chi connectivity index (χ1n) is 5.69. The lowest BCUT2D eigenvalue weighted by Gasteiger charge is -2.46. The molecular formula is C12H19NOS. The van der Waals surface area contributed by atoms with Gasteiger partial charge in [0.05, 0.1) is 5.60 Å². The Hall–Kier alpha value is -0.380. The molecular weight excluding hydrogens is 206 g/mol. The summed E-state index contributed by atoms with van der Waals surface area (Å²) in [5, 5.41) is 12.1. The fraction of sp³-hybridized carbons (Fsp3) is 0.667. The van der Waals surface area contributed by atoms with Gasteiger partial charge in [-0.15, -0.1) is 11.3 Å². The monoisotopic (exact) mass is 225 g/mol. The number of aliphatic hydroxyl groups is 1. The van der Waals surface area contributed by atoms with Crippen molar-refractivity contribution in [2.24, 2.45) is 0 Å². The van der Waals surface area contributed by atoms with Crippen LogP contribution in [0.25, 0.3) is 0 Å². The molecule has 1 aromatic heterocycles. The number of nitrogens with zero attached hydrogens (tertiary/aromatic N) is 1. The first-order valence-corrected chi connectivity index (χ1v) is 6.57. The molecule has 3 heteroatoms. The van der Waals surface area contributed by atoms with Crippen molar-refractivity contribution in [2.45, 2.75) is 31.8 Å². The Kier molecular flexibility index (Phi) is 3.44. The third kappa shape index (κ3) is 2.80. The van der Waals surface area contributed by atoms with Crippen LogP contribution in [0.4, 0.5) is 0 Å². The second-order valence-corrected chi connectivity index (χ2v) is 5.55. The number of likely N-dealkylation sites (tertiary alicyclic amines) is 1. The van der Waals surface area contributed by atoms with E-state index in [9.17, 15) is 5.11 Å². The van der Waals surface area contributed by atoms with Crippen molar-refractivity contribution in [3.8, 4) is 0 Å². The molecule has 1 fully saturated rings. The van der Waals surface area contributed by atoms with Crippen molar-refractivity contribution in [1.29, 1.82) is 0 Å². The maximum Gasteiger partial charge on any atom is 0.0900 e. The summed E-state index contributed by atoms with van der Waals surface area (Å²) in [7, 11) is 0. The minimum Gasteiger partial charge on any atom is -0.387 e. The van der Waals surface area contributed by atoms with Gasteiger partial charge in [-0.1, -0.05) is 19.4 Å². The molecule has 2 nitrogen and oxygen atoms in total. The van der Waals surface area contributed by atoms with Gasteiger partial charge in [0.25, 0.3) is 0 Å². The van der Waals surface area contributed by atoms with Crippen LogP contribution in [-0.4, -0.2) is 35.2 Å². The maximum atomic E-state index is 10.00. The van der Waals surface area contributed by atoms with Gasteiger partial charge in [-0.05, 0) is 24.3 Å². The Bertz CT molecular complexity index is 291. The van der Waals surface area contributed by atoms with Crippen LogP contribution in [-0.2, 0) is 6.42 Å². The largest absolute Gasteiger partial charge is 0.387 e. The van der Waals surface area contributed by atoms with Gasteiger partial charge in [0.15, 0.2) is 0 Å². The molecule has 2 heterocycles. The number of hydrogen-bond acceptors (Lipinski definition) is 3. The van der Waals surface area contributed by atoms with Gasteiger partial charge in [0.1, 0.15) is 0 Å². The number of hydrogen-bond donors (Lipinski definition) is 1. The third-order valence-corrected chi connectivity index (χ3v) is 3.94. The van der Waals surface area contributed by atoms with Crippen LogP contribution in [0.5, 0.6) is 0 Å². The van der Waals surface area contributed by atoms with Crippen LogP contribution in [0.1, 0.15) is 24.6 Å². The van der Waals surface area contributed by atoms with Crippen LogP contribution in [0.15, 0.2) is 17.5 Å². The van der Waals surface area contributed by atoms with E-state index in [-0.39, 0.29) is 5.60 Å². The van der Waals surface area contributed by atoms with Gasteiger partial charge in [-0.3, -0.25) is 4.90 Å². The fourth-order valence-corrected chi connectivity index (χ4v) is 2.99. The van der Waals surface area contributed by atoms with Crippen LogP contribution in [0.2, 0.25) is 0 Å². The lowest BCUT2D eigenvalue weighted by molar-refractivity contribution is -0.102. The summed E-state index contributed by atoms with van der Waals surface area (Å²) in [5.74, 6) is 0. The zero-order valence-corrected chi connectivity index (χ0v) is 10.1. The maximum absolute atomic E-state index is 10.00. The third-order valence-electron chi connectivity index (χ3n) is 3.01. The molecule has 0 aromatic carbocycles. The topological polar surface area (TPSA) is 23.5 Å². The van der Waals surface area contributed by atoms with Crippen molar-refractivity contribution < 1.29 is 5.11 Å². The van der Waals surface area contributed by atoms with Crippen molar-refractivity contribution in [1.82, 2.24) is 4.90 Å². The summed E-state index contributed by atoms with van der Waals surface area (Å²) in [6, 6.07) is 4.28. The van der Waals surface area contributed by atoms with Crippen LogP contribution < -0.4 is 0 Å². The molecule has 0 aliphatic carbocycles. The first-order chi connectivity index (χ1) is 7.22. The van der Waals surface area contributed by atoms with Crippen LogP contribution in [0, 0.1) is 0 Å². The molecule has 0 amide bonds. The lowest BCUT2D eigenvalue weighted by Crippen LogP contribution is -2.61. The summed E-state index contributed by atoms with van der Waals surface area (Å²) in [4.78, 5) is 3.79. The van der Waals surface area contributed by atoms with Crippen molar-refractivity contribution in [3.63, 3.8) is 0 Å². The van der Waals surface area contributed by atoms with E-state index in [2.05, 4.69) is 29.3 Å². The van der Waals surface area contributed by atoms with Crippen LogP contribution >= 0.6 is 11.3 Å². The van der Waals surface area contributed by atoms with E-state index in [1.807, 2.05) is 11.3 Å². The van der Waals surface area contributed by atoms with E-state index >= 15 is 0 Å². The second-order valence-electron chi connectivity index (χ2n) is 4.51. The molecule has 1 N–H and O–H groups in total. The molecule has 1 aliphatic rings. The van der Waals surface area contributed by atoms with Gasteiger partial charge in [-0.25, -0.2) is 0 Å².